The van der Waals surface area contributed by atoms with Gasteiger partial charge in [0, 0.05) is 11.1 Å². The molecule has 21 heavy (non-hydrogen) atoms. The highest BCUT2D eigenvalue weighted by atomic mass is 16.1. The van der Waals surface area contributed by atoms with E-state index in [-0.39, 0.29) is 5.78 Å². The van der Waals surface area contributed by atoms with E-state index in [9.17, 15) is 4.79 Å². The molecule has 0 spiro atoms. The molecule has 1 heterocycles. The van der Waals surface area contributed by atoms with Gasteiger partial charge in [0.15, 0.2) is 5.78 Å². The quantitative estimate of drug-likeness (QED) is 0.684. The highest BCUT2D eigenvalue weighted by Crippen LogP contribution is 2.22. The van der Waals surface area contributed by atoms with Crippen LogP contribution in [0.2, 0.25) is 0 Å². The molecule has 3 nitrogen and oxygen atoms in total. The summed E-state index contributed by atoms with van der Waals surface area (Å²) in [6.45, 7) is 3.84. The van der Waals surface area contributed by atoms with Crippen LogP contribution in [0.4, 0.5) is 0 Å². The molecule has 0 bridgehead atoms. The summed E-state index contributed by atoms with van der Waals surface area (Å²) in [6.07, 6.45) is 0.694. The Kier molecular flexibility index (Phi) is 3.48. The molecule has 3 heteroatoms. The number of nitrogens with zero attached hydrogens (tertiary/aromatic N) is 2. The maximum atomic E-state index is 12.9. The van der Waals surface area contributed by atoms with Crippen LogP contribution < -0.4 is 0 Å². The first kappa shape index (κ1) is 13.4. The van der Waals surface area contributed by atoms with Gasteiger partial charge in [0.1, 0.15) is 0 Å². The molecular formula is C18H16N2O. The number of hydrogen-bond donors (Lipinski definition) is 0. The van der Waals surface area contributed by atoms with Gasteiger partial charge in [0.05, 0.1) is 11.4 Å². The van der Waals surface area contributed by atoms with Crippen molar-refractivity contribution < 1.29 is 4.79 Å². The van der Waals surface area contributed by atoms with Crippen LogP contribution in [0.1, 0.15) is 34.2 Å². The Bertz CT molecular complexity index is 819. The number of hydrogen-bond acceptors (Lipinski definition) is 3. The number of ketones is 1. The van der Waals surface area contributed by atoms with Gasteiger partial charge in [0.25, 0.3) is 0 Å². The van der Waals surface area contributed by atoms with Crippen molar-refractivity contribution in [3.8, 4) is 0 Å². The minimum atomic E-state index is 0.0154. The third-order valence-electron chi connectivity index (χ3n) is 3.61. The predicted molar refractivity (Wildman–Crippen MR) is 83.5 cm³/mol. The Labute approximate surface area is 123 Å². The molecule has 0 fully saturated rings. The highest BCUT2D eigenvalue weighted by Gasteiger charge is 2.17. The van der Waals surface area contributed by atoms with Crippen LogP contribution in [0.25, 0.3) is 10.8 Å². The van der Waals surface area contributed by atoms with Crippen molar-refractivity contribution in [3.05, 3.63) is 71.0 Å². The molecule has 0 aliphatic heterocycles. The van der Waals surface area contributed by atoms with E-state index in [4.69, 9.17) is 0 Å². The number of aromatic nitrogens is 2. The topological polar surface area (TPSA) is 42.9 Å². The molecule has 0 aliphatic rings. The van der Waals surface area contributed by atoms with Gasteiger partial charge in [0.2, 0.25) is 0 Å². The van der Waals surface area contributed by atoms with Crippen molar-refractivity contribution in [1.29, 1.82) is 0 Å². The van der Waals surface area contributed by atoms with E-state index in [0.29, 0.717) is 12.0 Å². The zero-order valence-corrected chi connectivity index (χ0v) is 12.1. The molecule has 1 aromatic heterocycles. The largest absolute Gasteiger partial charge is 0.289 e. The van der Waals surface area contributed by atoms with Gasteiger partial charge in [-0.3, -0.25) is 4.79 Å². The molecule has 0 aliphatic carbocycles. The van der Waals surface area contributed by atoms with E-state index in [1.165, 1.54) is 0 Å². The predicted octanol–water partition coefficient (Wildman–Crippen LogP) is 3.73. The third kappa shape index (κ3) is 2.42. The Balaban J connectivity index is 2.20. The van der Waals surface area contributed by atoms with Gasteiger partial charge in [-0.25, -0.2) is 0 Å². The van der Waals surface area contributed by atoms with Gasteiger partial charge < -0.3 is 0 Å². The van der Waals surface area contributed by atoms with Crippen LogP contribution in [0.3, 0.4) is 0 Å². The summed E-state index contributed by atoms with van der Waals surface area (Å²) in [4.78, 5) is 12.9. The van der Waals surface area contributed by atoms with Crippen molar-refractivity contribution >= 4 is 16.6 Å². The number of carbonyl (C=O) groups is 1. The summed E-state index contributed by atoms with van der Waals surface area (Å²) in [6, 6.07) is 15.6. The normalized spacial score (nSPS) is 10.8. The third-order valence-corrected chi connectivity index (χ3v) is 3.61. The van der Waals surface area contributed by atoms with Gasteiger partial charge in [-0.15, -0.1) is 0 Å². The Morgan fingerprint density at radius 2 is 1.76 bits per heavy atom. The van der Waals surface area contributed by atoms with Crippen molar-refractivity contribution in [1.82, 2.24) is 10.2 Å². The average Bonchev–Trinajstić information content (AvgIpc) is 2.53. The van der Waals surface area contributed by atoms with Crippen molar-refractivity contribution in [2.75, 3.05) is 0 Å². The van der Waals surface area contributed by atoms with E-state index in [1.54, 1.807) is 0 Å². The molecule has 3 rings (SSSR count). The Hall–Kier alpha value is -2.55. The monoisotopic (exact) mass is 276 g/mol. The zero-order valence-electron chi connectivity index (χ0n) is 12.1. The maximum Gasteiger partial charge on any atom is 0.195 e. The molecule has 2 aromatic carbocycles. The fourth-order valence-corrected chi connectivity index (χ4v) is 2.54. The summed E-state index contributed by atoms with van der Waals surface area (Å²) in [7, 11) is 0. The van der Waals surface area contributed by atoms with Crippen molar-refractivity contribution in [2.45, 2.75) is 20.3 Å². The first-order chi connectivity index (χ1) is 10.2. The first-order valence-electron chi connectivity index (χ1n) is 7.06. The summed E-state index contributed by atoms with van der Waals surface area (Å²) in [5, 5.41) is 10.2. The molecule has 0 N–H and O–H groups in total. The minimum absolute atomic E-state index is 0.0154. The molecule has 0 atom stereocenters. The van der Waals surface area contributed by atoms with Crippen molar-refractivity contribution in [3.63, 3.8) is 0 Å². The molecule has 0 amide bonds. The molecule has 0 saturated heterocycles. The van der Waals surface area contributed by atoms with Crippen LogP contribution in [0, 0.1) is 6.92 Å². The number of fused-ring (bicyclic) bond motifs is 1. The molecule has 3 aromatic rings. The van der Waals surface area contributed by atoms with E-state index >= 15 is 0 Å². The standard InChI is InChI=1S/C18H16N2O/c1-3-17-16(11-12(2)19-20-17)18(21)15-10-6-8-13-7-4-5-9-14(13)15/h4-11H,3H2,1-2H3. The summed E-state index contributed by atoms with van der Waals surface area (Å²) < 4.78 is 0. The van der Waals surface area contributed by atoms with Crippen LogP contribution in [-0.4, -0.2) is 16.0 Å². The number of rotatable bonds is 3. The molecule has 0 radical (unpaired) electrons. The molecule has 0 unspecified atom stereocenters. The molecule has 104 valence electrons. The van der Waals surface area contributed by atoms with Gasteiger partial charge in [-0.05, 0) is 30.2 Å². The van der Waals surface area contributed by atoms with E-state index in [2.05, 4.69) is 10.2 Å². The number of aryl methyl sites for hydroxylation is 2. The van der Waals surface area contributed by atoms with Gasteiger partial charge in [-0.1, -0.05) is 49.4 Å². The van der Waals surface area contributed by atoms with Gasteiger partial charge in [-0.2, -0.15) is 10.2 Å². The maximum absolute atomic E-state index is 12.9. The smallest absolute Gasteiger partial charge is 0.195 e. The average molecular weight is 276 g/mol. The lowest BCUT2D eigenvalue weighted by atomic mass is 9.96. The highest BCUT2D eigenvalue weighted by molar-refractivity contribution is 6.16. The lowest BCUT2D eigenvalue weighted by Crippen LogP contribution is -2.09. The Morgan fingerprint density at radius 1 is 1.00 bits per heavy atom. The van der Waals surface area contributed by atoms with E-state index in [0.717, 1.165) is 27.7 Å². The van der Waals surface area contributed by atoms with Crippen LogP contribution in [0.5, 0.6) is 0 Å². The number of carbonyl (C=O) groups excluding carboxylic acids is 1. The van der Waals surface area contributed by atoms with E-state index in [1.807, 2.05) is 62.4 Å². The summed E-state index contributed by atoms with van der Waals surface area (Å²) in [5.74, 6) is 0.0154. The zero-order chi connectivity index (χ0) is 14.8. The van der Waals surface area contributed by atoms with Crippen LogP contribution in [0.15, 0.2) is 48.5 Å². The Morgan fingerprint density at radius 3 is 2.57 bits per heavy atom. The lowest BCUT2D eigenvalue weighted by molar-refractivity contribution is 0.103. The second-order valence-electron chi connectivity index (χ2n) is 5.06. The minimum Gasteiger partial charge on any atom is -0.289 e. The number of benzene rings is 2. The van der Waals surface area contributed by atoms with Crippen LogP contribution in [-0.2, 0) is 6.42 Å². The lowest BCUT2D eigenvalue weighted by Gasteiger charge is -2.09. The molecule has 0 saturated carbocycles. The fourth-order valence-electron chi connectivity index (χ4n) is 2.54. The van der Waals surface area contributed by atoms with Crippen LogP contribution >= 0.6 is 0 Å². The second-order valence-corrected chi connectivity index (χ2v) is 5.06. The second kappa shape index (κ2) is 5.44. The van der Waals surface area contributed by atoms with E-state index < -0.39 is 0 Å². The van der Waals surface area contributed by atoms with Crippen molar-refractivity contribution in [2.24, 2.45) is 0 Å². The molecular weight excluding hydrogens is 260 g/mol. The first-order valence-corrected chi connectivity index (χ1v) is 7.06. The van der Waals surface area contributed by atoms with Gasteiger partial charge >= 0.3 is 0 Å². The fraction of sp³-hybridized carbons (Fsp3) is 0.167. The summed E-state index contributed by atoms with van der Waals surface area (Å²) >= 11 is 0. The SMILES string of the molecule is CCc1nnc(C)cc1C(=O)c1cccc2ccccc12. The summed E-state index contributed by atoms with van der Waals surface area (Å²) in [5.41, 5.74) is 2.88.